The van der Waals surface area contributed by atoms with Crippen molar-refractivity contribution >= 4 is 16.9 Å². The predicted molar refractivity (Wildman–Crippen MR) is 91.0 cm³/mol. The number of aromatic nitrogens is 2. The maximum absolute atomic E-state index is 12.3. The number of rotatable bonds is 5. The first-order chi connectivity index (χ1) is 11.2. The summed E-state index contributed by atoms with van der Waals surface area (Å²) in [7, 11) is 0. The second-order valence-electron chi connectivity index (χ2n) is 7.31. The molecule has 4 nitrogen and oxygen atoms in total. The van der Waals surface area contributed by atoms with Crippen molar-refractivity contribution in [3.05, 3.63) is 30.1 Å². The lowest BCUT2D eigenvalue weighted by Gasteiger charge is -2.21. The van der Waals surface area contributed by atoms with E-state index in [4.69, 9.17) is 0 Å². The van der Waals surface area contributed by atoms with E-state index in [9.17, 15) is 4.79 Å². The molecule has 2 aliphatic carbocycles. The number of fused-ring (bicyclic) bond motifs is 3. The molecule has 2 bridgehead atoms. The number of carbonyl (C=O) groups excluding carboxylic acids is 1. The highest BCUT2D eigenvalue weighted by Crippen LogP contribution is 2.49. The second kappa shape index (κ2) is 5.99. The van der Waals surface area contributed by atoms with Gasteiger partial charge < -0.3 is 9.88 Å². The molecule has 0 unspecified atom stereocenters. The molecule has 2 aromatic rings. The smallest absolute Gasteiger partial charge is 0.240 e. The Kier molecular flexibility index (Phi) is 3.83. The molecule has 2 saturated carbocycles. The number of aryl methyl sites for hydroxylation is 1. The standard InChI is InChI=1S/C19H25N3O/c1-13-21-17-4-2-3-5-18(17)22(13)12-19(23)20-9-8-16-11-14-6-7-15(16)10-14/h2-5,14-16H,6-12H2,1H3,(H,20,23)/t14-,15-,16-/m0/s1. The summed E-state index contributed by atoms with van der Waals surface area (Å²) in [5.41, 5.74) is 1.99. The summed E-state index contributed by atoms with van der Waals surface area (Å²) in [4.78, 5) is 16.8. The zero-order chi connectivity index (χ0) is 15.8. The summed E-state index contributed by atoms with van der Waals surface area (Å²) >= 11 is 0. The van der Waals surface area contributed by atoms with Crippen LogP contribution in [0.2, 0.25) is 0 Å². The minimum Gasteiger partial charge on any atom is -0.355 e. The molecule has 3 atom stereocenters. The minimum absolute atomic E-state index is 0.0967. The third-order valence-corrected chi connectivity index (χ3v) is 5.87. The Morgan fingerprint density at radius 2 is 2.17 bits per heavy atom. The number of benzene rings is 1. The van der Waals surface area contributed by atoms with Crippen LogP contribution in [-0.2, 0) is 11.3 Å². The van der Waals surface area contributed by atoms with Crippen LogP contribution in [0.25, 0.3) is 11.0 Å². The van der Waals surface area contributed by atoms with Crippen molar-refractivity contribution in [2.45, 2.75) is 45.6 Å². The lowest BCUT2D eigenvalue weighted by molar-refractivity contribution is -0.121. The van der Waals surface area contributed by atoms with Crippen molar-refractivity contribution in [2.75, 3.05) is 6.54 Å². The third-order valence-electron chi connectivity index (χ3n) is 5.87. The van der Waals surface area contributed by atoms with E-state index in [1.165, 1.54) is 25.7 Å². The summed E-state index contributed by atoms with van der Waals surface area (Å²) in [5.74, 6) is 3.77. The molecule has 0 saturated heterocycles. The lowest BCUT2D eigenvalue weighted by atomic mass is 9.86. The minimum atomic E-state index is 0.0967. The number of para-hydroxylation sites is 2. The van der Waals surface area contributed by atoms with Gasteiger partial charge in [-0.15, -0.1) is 0 Å². The van der Waals surface area contributed by atoms with Gasteiger partial charge in [-0.2, -0.15) is 0 Å². The zero-order valence-corrected chi connectivity index (χ0v) is 13.8. The molecule has 1 heterocycles. The van der Waals surface area contributed by atoms with Gasteiger partial charge in [0.15, 0.2) is 0 Å². The Balaban J connectivity index is 1.32. The molecule has 0 spiro atoms. The Labute approximate surface area is 137 Å². The molecule has 1 N–H and O–H groups in total. The summed E-state index contributed by atoms with van der Waals surface area (Å²) in [6.07, 6.45) is 6.85. The van der Waals surface area contributed by atoms with E-state index in [1.807, 2.05) is 35.8 Å². The normalized spacial score (nSPS) is 26.0. The van der Waals surface area contributed by atoms with Gasteiger partial charge in [0.25, 0.3) is 0 Å². The van der Waals surface area contributed by atoms with Crippen molar-refractivity contribution in [1.82, 2.24) is 14.9 Å². The number of imidazole rings is 1. The van der Waals surface area contributed by atoms with Gasteiger partial charge >= 0.3 is 0 Å². The van der Waals surface area contributed by atoms with Crippen molar-refractivity contribution in [2.24, 2.45) is 17.8 Å². The summed E-state index contributed by atoms with van der Waals surface area (Å²) < 4.78 is 2.00. The van der Waals surface area contributed by atoms with Crippen LogP contribution in [-0.4, -0.2) is 22.0 Å². The number of carbonyl (C=O) groups is 1. The second-order valence-corrected chi connectivity index (χ2v) is 7.31. The van der Waals surface area contributed by atoms with E-state index in [-0.39, 0.29) is 5.91 Å². The Morgan fingerprint density at radius 3 is 2.96 bits per heavy atom. The molecule has 1 amide bonds. The van der Waals surface area contributed by atoms with Gasteiger partial charge in [-0.1, -0.05) is 18.6 Å². The number of nitrogens with zero attached hydrogens (tertiary/aromatic N) is 2. The topological polar surface area (TPSA) is 46.9 Å². The Bertz CT molecular complexity index is 720. The van der Waals surface area contributed by atoms with Gasteiger partial charge in [0.05, 0.1) is 11.0 Å². The highest BCUT2D eigenvalue weighted by Gasteiger charge is 2.38. The molecule has 2 aliphatic rings. The first-order valence-corrected chi connectivity index (χ1v) is 8.89. The van der Waals surface area contributed by atoms with Gasteiger partial charge in [0, 0.05) is 6.54 Å². The molecule has 23 heavy (non-hydrogen) atoms. The fourth-order valence-corrected chi connectivity index (χ4v) is 4.72. The van der Waals surface area contributed by atoms with E-state index >= 15 is 0 Å². The summed E-state index contributed by atoms with van der Waals surface area (Å²) in [5, 5.41) is 3.11. The van der Waals surface area contributed by atoms with Crippen LogP contribution in [0.4, 0.5) is 0 Å². The zero-order valence-electron chi connectivity index (χ0n) is 13.8. The fraction of sp³-hybridized carbons (Fsp3) is 0.579. The first-order valence-electron chi connectivity index (χ1n) is 8.89. The highest BCUT2D eigenvalue weighted by atomic mass is 16.1. The van der Waals surface area contributed by atoms with Gasteiger partial charge in [-0.05, 0) is 62.5 Å². The first kappa shape index (κ1) is 14.7. The monoisotopic (exact) mass is 311 g/mol. The molecular formula is C19H25N3O. The predicted octanol–water partition coefficient (Wildman–Crippen LogP) is 3.29. The van der Waals surface area contributed by atoms with Crippen LogP contribution in [0.1, 0.15) is 37.9 Å². The fourth-order valence-electron chi connectivity index (χ4n) is 4.72. The number of amides is 1. The van der Waals surface area contributed by atoms with E-state index in [1.54, 1.807) is 0 Å². The quantitative estimate of drug-likeness (QED) is 0.921. The van der Waals surface area contributed by atoms with Crippen molar-refractivity contribution in [3.8, 4) is 0 Å². The largest absolute Gasteiger partial charge is 0.355 e. The number of nitrogens with one attached hydrogen (secondary N) is 1. The van der Waals surface area contributed by atoms with Crippen LogP contribution in [0.3, 0.4) is 0 Å². The molecule has 0 aliphatic heterocycles. The van der Waals surface area contributed by atoms with Gasteiger partial charge in [0.1, 0.15) is 12.4 Å². The highest BCUT2D eigenvalue weighted by molar-refractivity contribution is 5.81. The molecule has 2 fully saturated rings. The maximum atomic E-state index is 12.3. The molecule has 1 aromatic heterocycles. The number of hydrogen-bond acceptors (Lipinski definition) is 2. The van der Waals surface area contributed by atoms with Crippen molar-refractivity contribution in [3.63, 3.8) is 0 Å². The SMILES string of the molecule is Cc1nc2ccccc2n1CC(=O)NCC[C@H]1C[C@H]2CC[C@H]1C2. The lowest BCUT2D eigenvalue weighted by Crippen LogP contribution is -2.30. The molecule has 0 radical (unpaired) electrons. The van der Waals surface area contributed by atoms with E-state index in [2.05, 4.69) is 10.3 Å². The Morgan fingerprint density at radius 1 is 1.30 bits per heavy atom. The van der Waals surface area contributed by atoms with Gasteiger partial charge in [-0.25, -0.2) is 4.98 Å². The van der Waals surface area contributed by atoms with Crippen LogP contribution in [0.5, 0.6) is 0 Å². The molecular weight excluding hydrogens is 286 g/mol. The van der Waals surface area contributed by atoms with Crippen LogP contribution in [0, 0.1) is 24.7 Å². The average Bonchev–Trinajstić information content (AvgIpc) is 3.23. The molecule has 1 aromatic carbocycles. The maximum Gasteiger partial charge on any atom is 0.240 e. The number of hydrogen-bond donors (Lipinski definition) is 1. The van der Waals surface area contributed by atoms with E-state index < -0.39 is 0 Å². The van der Waals surface area contributed by atoms with Crippen LogP contribution >= 0.6 is 0 Å². The molecule has 4 heteroatoms. The van der Waals surface area contributed by atoms with Crippen molar-refractivity contribution < 1.29 is 4.79 Å². The third kappa shape index (κ3) is 2.87. The summed E-state index contributed by atoms with van der Waals surface area (Å²) in [6.45, 7) is 3.14. The average molecular weight is 311 g/mol. The van der Waals surface area contributed by atoms with Crippen LogP contribution < -0.4 is 5.32 Å². The molecule has 122 valence electrons. The van der Waals surface area contributed by atoms with Gasteiger partial charge in [-0.3, -0.25) is 4.79 Å². The summed E-state index contributed by atoms with van der Waals surface area (Å²) in [6, 6.07) is 7.99. The molecule has 4 rings (SSSR count). The van der Waals surface area contributed by atoms with Crippen LogP contribution in [0.15, 0.2) is 24.3 Å². The van der Waals surface area contributed by atoms with Crippen molar-refractivity contribution in [1.29, 1.82) is 0 Å². The Hall–Kier alpha value is -1.84. The van der Waals surface area contributed by atoms with E-state index in [0.29, 0.717) is 6.54 Å². The van der Waals surface area contributed by atoms with Gasteiger partial charge in [0.2, 0.25) is 5.91 Å². The van der Waals surface area contributed by atoms with E-state index in [0.717, 1.165) is 47.6 Å².